The van der Waals surface area contributed by atoms with Crippen LogP contribution in [0.2, 0.25) is 5.02 Å². The van der Waals surface area contributed by atoms with Gasteiger partial charge in [0.1, 0.15) is 0 Å². The van der Waals surface area contributed by atoms with Crippen molar-refractivity contribution in [3.63, 3.8) is 0 Å². The molecule has 0 N–H and O–H groups in total. The van der Waals surface area contributed by atoms with E-state index < -0.39 is 10.0 Å². The summed E-state index contributed by atoms with van der Waals surface area (Å²) >= 11 is 5.78. The lowest BCUT2D eigenvalue weighted by atomic mass is 10.0. The fraction of sp³-hybridized carbons (Fsp3) is 0.500. The van der Waals surface area contributed by atoms with E-state index >= 15 is 0 Å². The first-order valence-corrected chi connectivity index (χ1v) is 8.69. The second-order valence-electron chi connectivity index (χ2n) is 4.91. The smallest absolute Gasteiger partial charge is 0.310 e. The van der Waals surface area contributed by atoms with E-state index in [-0.39, 0.29) is 23.3 Å². The van der Waals surface area contributed by atoms with Crippen LogP contribution in [-0.2, 0) is 19.6 Å². The minimum absolute atomic E-state index is 0.170. The van der Waals surface area contributed by atoms with Crippen molar-refractivity contribution in [2.75, 3.05) is 19.7 Å². The van der Waals surface area contributed by atoms with Crippen LogP contribution in [-0.4, -0.2) is 38.4 Å². The number of benzene rings is 1. The van der Waals surface area contributed by atoms with Crippen LogP contribution < -0.4 is 0 Å². The molecule has 0 aromatic heterocycles. The molecule has 1 fully saturated rings. The maximum Gasteiger partial charge on any atom is 0.310 e. The number of hydrogen-bond acceptors (Lipinski definition) is 4. The Morgan fingerprint density at radius 1 is 1.38 bits per heavy atom. The molecule has 0 unspecified atom stereocenters. The second-order valence-corrected chi connectivity index (χ2v) is 7.28. The molecule has 21 heavy (non-hydrogen) atoms. The van der Waals surface area contributed by atoms with Crippen LogP contribution in [0.15, 0.2) is 29.2 Å². The molecule has 5 nitrogen and oxygen atoms in total. The van der Waals surface area contributed by atoms with Crippen molar-refractivity contribution >= 4 is 27.6 Å². The number of hydrogen-bond donors (Lipinski definition) is 0. The SMILES string of the molecule is CCOC(=O)[C@H]1CCCN(S(=O)(=O)c2ccc(Cl)cc2)C1. The highest BCUT2D eigenvalue weighted by Gasteiger charge is 2.33. The normalized spacial score (nSPS) is 20.2. The first-order valence-electron chi connectivity index (χ1n) is 6.87. The topological polar surface area (TPSA) is 63.7 Å². The van der Waals surface area contributed by atoms with E-state index in [0.29, 0.717) is 31.0 Å². The summed E-state index contributed by atoms with van der Waals surface area (Å²) in [5.74, 6) is -0.714. The monoisotopic (exact) mass is 331 g/mol. The zero-order chi connectivity index (χ0) is 15.5. The average Bonchev–Trinajstić information content (AvgIpc) is 2.48. The molecule has 1 aliphatic rings. The third kappa shape index (κ3) is 3.75. The van der Waals surface area contributed by atoms with Gasteiger partial charge in [0.15, 0.2) is 0 Å². The second kappa shape index (κ2) is 6.77. The first kappa shape index (κ1) is 16.3. The fourth-order valence-electron chi connectivity index (χ4n) is 2.37. The molecule has 2 rings (SSSR count). The van der Waals surface area contributed by atoms with Crippen LogP contribution in [0.4, 0.5) is 0 Å². The minimum atomic E-state index is -3.59. The maximum absolute atomic E-state index is 12.6. The molecule has 1 aliphatic heterocycles. The van der Waals surface area contributed by atoms with E-state index in [1.165, 1.54) is 16.4 Å². The zero-order valence-electron chi connectivity index (χ0n) is 11.8. The van der Waals surface area contributed by atoms with Gasteiger partial charge >= 0.3 is 5.97 Å². The first-order chi connectivity index (χ1) is 9.95. The summed E-state index contributed by atoms with van der Waals surface area (Å²) in [5.41, 5.74) is 0. The summed E-state index contributed by atoms with van der Waals surface area (Å²) in [6.07, 6.45) is 1.31. The molecule has 1 heterocycles. The van der Waals surface area contributed by atoms with Crippen molar-refractivity contribution in [3.8, 4) is 0 Å². The van der Waals surface area contributed by atoms with Gasteiger partial charge in [0.2, 0.25) is 10.0 Å². The number of halogens is 1. The van der Waals surface area contributed by atoms with Crippen molar-refractivity contribution in [3.05, 3.63) is 29.3 Å². The van der Waals surface area contributed by atoms with Gasteiger partial charge < -0.3 is 4.74 Å². The summed E-state index contributed by atoms with van der Waals surface area (Å²) in [4.78, 5) is 12.0. The highest BCUT2D eigenvalue weighted by molar-refractivity contribution is 7.89. The van der Waals surface area contributed by atoms with Crippen molar-refractivity contribution in [1.82, 2.24) is 4.31 Å². The Morgan fingerprint density at radius 3 is 2.67 bits per heavy atom. The van der Waals surface area contributed by atoms with E-state index in [2.05, 4.69) is 0 Å². The standard InChI is InChI=1S/C14H18ClNO4S/c1-2-20-14(17)11-4-3-9-16(10-11)21(18,19)13-7-5-12(15)6-8-13/h5-8,11H,2-4,9-10H2,1H3/t11-/m0/s1. The highest BCUT2D eigenvalue weighted by atomic mass is 35.5. The van der Waals surface area contributed by atoms with Crippen LogP contribution >= 0.6 is 11.6 Å². The molecule has 116 valence electrons. The van der Waals surface area contributed by atoms with Gasteiger partial charge in [0.05, 0.1) is 17.4 Å². The van der Waals surface area contributed by atoms with Gasteiger partial charge in [-0.25, -0.2) is 8.42 Å². The van der Waals surface area contributed by atoms with Crippen LogP contribution in [0.5, 0.6) is 0 Å². The van der Waals surface area contributed by atoms with Crippen molar-refractivity contribution in [2.24, 2.45) is 5.92 Å². The van der Waals surface area contributed by atoms with E-state index in [1.54, 1.807) is 19.1 Å². The number of rotatable bonds is 4. The predicted molar refractivity (Wildman–Crippen MR) is 79.6 cm³/mol. The maximum atomic E-state index is 12.6. The number of sulfonamides is 1. The Morgan fingerprint density at radius 2 is 2.05 bits per heavy atom. The lowest BCUT2D eigenvalue weighted by molar-refractivity contribution is -0.149. The molecule has 0 saturated carbocycles. The molecular formula is C14H18ClNO4S. The molecule has 0 bridgehead atoms. The van der Waals surface area contributed by atoms with Gasteiger partial charge in [-0.1, -0.05) is 11.6 Å². The van der Waals surface area contributed by atoms with Gasteiger partial charge in [-0.2, -0.15) is 4.31 Å². The molecule has 7 heteroatoms. The zero-order valence-corrected chi connectivity index (χ0v) is 13.4. The molecular weight excluding hydrogens is 314 g/mol. The molecule has 0 amide bonds. The minimum Gasteiger partial charge on any atom is -0.466 e. The van der Waals surface area contributed by atoms with Gasteiger partial charge in [-0.15, -0.1) is 0 Å². The van der Waals surface area contributed by atoms with Gasteiger partial charge in [-0.05, 0) is 44.0 Å². The van der Waals surface area contributed by atoms with E-state index in [9.17, 15) is 13.2 Å². The van der Waals surface area contributed by atoms with Crippen molar-refractivity contribution in [2.45, 2.75) is 24.7 Å². The van der Waals surface area contributed by atoms with E-state index in [1.807, 2.05) is 0 Å². The van der Waals surface area contributed by atoms with Crippen molar-refractivity contribution < 1.29 is 17.9 Å². The predicted octanol–water partition coefficient (Wildman–Crippen LogP) is 2.30. The van der Waals surface area contributed by atoms with E-state index in [0.717, 1.165) is 0 Å². The molecule has 1 aromatic rings. The Bertz CT molecular complexity index is 600. The van der Waals surface area contributed by atoms with Crippen LogP contribution in [0.3, 0.4) is 0 Å². The summed E-state index contributed by atoms with van der Waals surface area (Å²) in [7, 11) is -3.59. The van der Waals surface area contributed by atoms with Crippen LogP contribution in [0.25, 0.3) is 0 Å². The highest BCUT2D eigenvalue weighted by Crippen LogP contribution is 2.25. The van der Waals surface area contributed by atoms with E-state index in [4.69, 9.17) is 16.3 Å². The lowest BCUT2D eigenvalue weighted by Gasteiger charge is -2.30. The van der Waals surface area contributed by atoms with Gasteiger partial charge in [-0.3, -0.25) is 4.79 Å². The number of esters is 1. The van der Waals surface area contributed by atoms with Gasteiger partial charge in [0, 0.05) is 18.1 Å². The van der Waals surface area contributed by atoms with Crippen LogP contribution in [0.1, 0.15) is 19.8 Å². The molecule has 0 spiro atoms. The fourth-order valence-corrected chi connectivity index (χ4v) is 4.02. The van der Waals surface area contributed by atoms with Crippen molar-refractivity contribution in [1.29, 1.82) is 0 Å². The lowest BCUT2D eigenvalue weighted by Crippen LogP contribution is -2.42. The average molecular weight is 332 g/mol. The molecule has 1 saturated heterocycles. The Kier molecular flexibility index (Phi) is 5.24. The Hall–Kier alpha value is -1.11. The number of nitrogens with zero attached hydrogens (tertiary/aromatic N) is 1. The number of carbonyl (C=O) groups is 1. The molecule has 1 aromatic carbocycles. The number of ether oxygens (including phenoxy) is 1. The Labute approximate surface area is 129 Å². The quantitative estimate of drug-likeness (QED) is 0.794. The molecule has 0 aliphatic carbocycles. The summed E-state index contributed by atoms with van der Waals surface area (Å²) < 4.78 is 31.4. The summed E-state index contributed by atoms with van der Waals surface area (Å²) in [5, 5.41) is 0.483. The third-order valence-electron chi connectivity index (χ3n) is 3.46. The number of carbonyl (C=O) groups excluding carboxylic acids is 1. The third-order valence-corrected chi connectivity index (χ3v) is 5.59. The summed E-state index contributed by atoms with van der Waals surface area (Å²) in [6, 6.07) is 6.04. The Balaban J connectivity index is 2.16. The van der Waals surface area contributed by atoms with Crippen LogP contribution in [0, 0.1) is 5.92 Å². The summed E-state index contributed by atoms with van der Waals surface area (Å²) in [6.45, 7) is 2.63. The molecule has 1 atom stereocenters. The largest absolute Gasteiger partial charge is 0.466 e. The molecule has 0 radical (unpaired) electrons. The van der Waals surface area contributed by atoms with Gasteiger partial charge in [0.25, 0.3) is 0 Å². The number of piperidine rings is 1.